The number of carbonyl (C=O) groups is 2. The fourth-order valence-corrected chi connectivity index (χ4v) is 2.79. The summed E-state index contributed by atoms with van der Waals surface area (Å²) in [6.07, 6.45) is 9.43. The van der Waals surface area contributed by atoms with Crippen molar-refractivity contribution in [3.63, 3.8) is 0 Å². The van der Waals surface area contributed by atoms with E-state index in [1.54, 1.807) is 24.3 Å². The standard InChI is InChI=1S/C24H36O4/c1-5-6-7-8-16-27-23(25)21-13-10-14-22(18-21)24(26)28-17-15-20(4)12-9-11-19(2)3/h10-11,13-14,18,20H,5-9,12,15-17H2,1-4H3. The van der Waals surface area contributed by atoms with Crippen molar-refractivity contribution in [2.45, 2.75) is 72.6 Å². The summed E-state index contributed by atoms with van der Waals surface area (Å²) in [6, 6.07) is 6.57. The fourth-order valence-electron chi connectivity index (χ4n) is 2.79. The van der Waals surface area contributed by atoms with E-state index >= 15 is 0 Å². The Balaban J connectivity index is 2.40. The van der Waals surface area contributed by atoms with Gasteiger partial charge in [-0.2, -0.15) is 0 Å². The van der Waals surface area contributed by atoms with Crippen LogP contribution in [-0.2, 0) is 9.47 Å². The van der Waals surface area contributed by atoms with Crippen molar-refractivity contribution in [1.82, 2.24) is 0 Å². The average molecular weight is 389 g/mol. The van der Waals surface area contributed by atoms with Crippen LogP contribution in [0.5, 0.6) is 0 Å². The summed E-state index contributed by atoms with van der Waals surface area (Å²) in [6.45, 7) is 9.32. The highest BCUT2D eigenvalue weighted by atomic mass is 16.5. The molecule has 1 aromatic carbocycles. The zero-order valence-corrected chi connectivity index (χ0v) is 18.0. The Morgan fingerprint density at radius 1 is 0.964 bits per heavy atom. The number of esters is 2. The number of allylic oxidation sites excluding steroid dienone is 2. The van der Waals surface area contributed by atoms with Gasteiger partial charge in [-0.05, 0) is 63.6 Å². The van der Waals surface area contributed by atoms with Gasteiger partial charge in [-0.25, -0.2) is 9.59 Å². The number of rotatable bonds is 13. The first kappa shape index (κ1) is 23.9. The fraction of sp³-hybridized carbons (Fsp3) is 0.583. The highest BCUT2D eigenvalue weighted by Gasteiger charge is 2.13. The summed E-state index contributed by atoms with van der Waals surface area (Å²) in [5.41, 5.74) is 2.11. The molecule has 4 heteroatoms. The molecule has 1 aromatic rings. The zero-order chi connectivity index (χ0) is 20.8. The van der Waals surface area contributed by atoms with E-state index in [2.05, 4.69) is 33.8 Å². The number of hydrogen-bond donors (Lipinski definition) is 0. The molecular weight excluding hydrogens is 352 g/mol. The van der Waals surface area contributed by atoms with Gasteiger partial charge in [0.2, 0.25) is 0 Å². The second-order valence-electron chi connectivity index (χ2n) is 7.67. The normalized spacial score (nSPS) is 11.6. The Morgan fingerprint density at radius 2 is 1.61 bits per heavy atom. The second kappa shape index (κ2) is 14.0. The molecule has 0 bridgehead atoms. The lowest BCUT2D eigenvalue weighted by molar-refractivity contribution is 0.0484. The quantitative estimate of drug-likeness (QED) is 0.224. The lowest BCUT2D eigenvalue weighted by Crippen LogP contribution is -2.11. The van der Waals surface area contributed by atoms with Crippen LogP contribution in [0.25, 0.3) is 0 Å². The third-order valence-corrected chi connectivity index (χ3v) is 4.62. The first-order valence-corrected chi connectivity index (χ1v) is 10.5. The van der Waals surface area contributed by atoms with E-state index in [1.807, 2.05) is 0 Å². The molecule has 28 heavy (non-hydrogen) atoms. The SMILES string of the molecule is CCCCCCOC(=O)c1cccc(C(=O)OCCC(C)CCC=C(C)C)c1. The average Bonchev–Trinajstić information content (AvgIpc) is 2.67. The van der Waals surface area contributed by atoms with Crippen molar-refractivity contribution in [3.8, 4) is 0 Å². The minimum atomic E-state index is -0.394. The van der Waals surface area contributed by atoms with E-state index in [4.69, 9.17) is 9.47 Å². The van der Waals surface area contributed by atoms with Crippen LogP contribution in [0.4, 0.5) is 0 Å². The summed E-state index contributed by atoms with van der Waals surface area (Å²) in [5.74, 6) is -0.287. The van der Waals surface area contributed by atoms with Crippen LogP contribution in [0.3, 0.4) is 0 Å². The predicted molar refractivity (Wildman–Crippen MR) is 114 cm³/mol. The topological polar surface area (TPSA) is 52.6 Å². The van der Waals surface area contributed by atoms with E-state index in [9.17, 15) is 9.59 Å². The van der Waals surface area contributed by atoms with Gasteiger partial charge in [-0.15, -0.1) is 0 Å². The van der Waals surface area contributed by atoms with Crippen LogP contribution in [0, 0.1) is 5.92 Å². The first-order valence-electron chi connectivity index (χ1n) is 10.5. The maximum atomic E-state index is 12.3. The lowest BCUT2D eigenvalue weighted by atomic mass is 10.0. The van der Waals surface area contributed by atoms with Crippen LogP contribution < -0.4 is 0 Å². The third kappa shape index (κ3) is 10.3. The molecule has 0 aromatic heterocycles. The molecule has 0 aliphatic rings. The molecule has 0 saturated carbocycles. The van der Waals surface area contributed by atoms with Crippen LogP contribution >= 0.6 is 0 Å². The molecule has 0 radical (unpaired) electrons. The lowest BCUT2D eigenvalue weighted by Gasteiger charge is -2.11. The Hall–Kier alpha value is -2.10. The van der Waals surface area contributed by atoms with Gasteiger partial charge in [0.25, 0.3) is 0 Å². The molecule has 0 spiro atoms. The smallest absolute Gasteiger partial charge is 0.338 e. The van der Waals surface area contributed by atoms with E-state index in [1.165, 1.54) is 5.57 Å². The van der Waals surface area contributed by atoms with Gasteiger partial charge in [0.15, 0.2) is 0 Å². The molecule has 0 heterocycles. The van der Waals surface area contributed by atoms with Gasteiger partial charge in [-0.1, -0.05) is 50.8 Å². The Labute approximate surface area is 170 Å². The number of benzene rings is 1. The van der Waals surface area contributed by atoms with Crippen molar-refractivity contribution in [3.05, 3.63) is 47.0 Å². The Kier molecular flexibility index (Phi) is 11.9. The van der Waals surface area contributed by atoms with Gasteiger partial charge in [0, 0.05) is 0 Å². The molecular formula is C24H36O4. The summed E-state index contributed by atoms with van der Waals surface area (Å²) in [5, 5.41) is 0. The molecule has 0 aliphatic carbocycles. The Morgan fingerprint density at radius 3 is 2.21 bits per heavy atom. The van der Waals surface area contributed by atoms with Crippen molar-refractivity contribution in [2.24, 2.45) is 5.92 Å². The third-order valence-electron chi connectivity index (χ3n) is 4.62. The molecule has 0 amide bonds. The van der Waals surface area contributed by atoms with E-state index in [0.717, 1.165) is 44.9 Å². The molecule has 1 atom stereocenters. The highest BCUT2D eigenvalue weighted by Crippen LogP contribution is 2.13. The summed E-state index contributed by atoms with van der Waals surface area (Å²) < 4.78 is 10.7. The van der Waals surface area contributed by atoms with Gasteiger partial charge < -0.3 is 9.47 Å². The molecule has 0 N–H and O–H groups in total. The predicted octanol–water partition coefficient (Wildman–Crippen LogP) is 6.35. The summed E-state index contributed by atoms with van der Waals surface area (Å²) in [7, 11) is 0. The van der Waals surface area contributed by atoms with E-state index in [-0.39, 0.29) is 5.97 Å². The molecule has 156 valence electrons. The van der Waals surface area contributed by atoms with Crippen molar-refractivity contribution in [2.75, 3.05) is 13.2 Å². The molecule has 0 saturated heterocycles. The monoisotopic (exact) mass is 388 g/mol. The van der Waals surface area contributed by atoms with E-state index in [0.29, 0.717) is 30.3 Å². The maximum Gasteiger partial charge on any atom is 0.338 e. The zero-order valence-electron chi connectivity index (χ0n) is 18.0. The molecule has 1 unspecified atom stereocenters. The van der Waals surface area contributed by atoms with Gasteiger partial charge >= 0.3 is 11.9 Å². The highest BCUT2D eigenvalue weighted by molar-refractivity contribution is 5.95. The maximum absolute atomic E-state index is 12.3. The molecule has 4 nitrogen and oxygen atoms in total. The van der Waals surface area contributed by atoms with Gasteiger partial charge in [0.1, 0.15) is 0 Å². The van der Waals surface area contributed by atoms with Crippen molar-refractivity contribution < 1.29 is 19.1 Å². The van der Waals surface area contributed by atoms with Gasteiger partial charge in [-0.3, -0.25) is 0 Å². The van der Waals surface area contributed by atoms with Gasteiger partial charge in [0.05, 0.1) is 24.3 Å². The molecule has 0 aliphatic heterocycles. The number of unbranched alkanes of at least 4 members (excludes halogenated alkanes) is 3. The molecule has 0 fully saturated rings. The number of hydrogen-bond acceptors (Lipinski definition) is 4. The van der Waals surface area contributed by atoms with Crippen LogP contribution in [0.15, 0.2) is 35.9 Å². The van der Waals surface area contributed by atoms with Crippen molar-refractivity contribution in [1.29, 1.82) is 0 Å². The Bertz CT molecular complexity index is 629. The number of ether oxygens (including phenoxy) is 2. The number of carbonyl (C=O) groups excluding carboxylic acids is 2. The van der Waals surface area contributed by atoms with E-state index < -0.39 is 5.97 Å². The summed E-state index contributed by atoms with van der Waals surface area (Å²) in [4.78, 5) is 24.4. The van der Waals surface area contributed by atoms with Crippen LogP contribution in [-0.4, -0.2) is 25.2 Å². The minimum Gasteiger partial charge on any atom is -0.462 e. The van der Waals surface area contributed by atoms with Crippen molar-refractivity contribution >= 4 is 11.9 Å². The van der Waals surface area contributed by atoms with Crippen LogP contribution in [0.2, 0.25) is 0 Å². The molecule has 1 rings (SSSR count). The minimum absolute atomic E-state index is 0.387. The largest absolute Gasteiger partial charge is 0.462 e. The summed E-state index contributed by atoms with van der Waals surface area (Å²) >= 11 is 0. The second-order valence-corrected chi connectivity index (χ2v) is 7.67. The first-order chi connectivity index (χ1) is 13.4. The van der Waals surface area contributed by atoms with Crippen LogP contribution in [0.1, 0.15) is 93.4 Å².